The van der Waals surface area contributed by atoms with Crippen LogP contribution in [0.2, 0.25) is 0 Å². The molecule has 140 valence electrons. The molecule has 0 spiro atoms. The summed E-state index contributed by atoms with van der Waals surface area (Å²) < 4.78 is 5.73. The topological polar surface area (TPSA) is 43.4 Å². The fourth-order valence-electron chi connectivity index (χ4n) is 7.22. The molecule has 0 aromatic carbocycles. The van der Waals surface area contributed by atoms with Gasteiger partial charge >= 0.3 is 5.97 Å². The molecule has 4 aliphatic carbocycles. The molecule has 0 aromatic rings. The zero-order chi connectivity index (χ0) is 18.5. The number of terminal acetylenes is 1. The molecule has 0 N–H and O–H groups in total. The van der Waals surface area contributed by atoms with Gasteiger partial charge in [-0.25, -0.2) is 0 Å². The van der Waals surface area contributed by atoms with Crippen LogP contribution >= 0.6 is 0 Å². The second-order valence-corrected chi connectivity index (χ2v) is 9.31. The molecule has 0 aromatic heterocycles. The highest BCUT2D eigenvalue weighted by Crippen LogP contribution is 2.66. The molecule has 0 amide bonds. The Labute approximate surface area is 156 Å². The van der Waals surface area contributed by atoms with E-state index in [9.17, 15) is 9.59 Å². The van der Waals surface area contributed by atoms with Crippen molar-refractivity contribution in [1.29, 1.82) is 0 Å². The molecule has 26 heavy (non-hydrogen) atoms. The second kappa shape index (κ2) is 6.25. The molecule has 6 atom stereocenters. The van der Waals surface area contributed by atoms with Crippen molar-refractivity contribution in [2.24, 2.45) is 28.6 Å². The first-order chi connectivity index (χ1) is 12.4. The van der Waals surface area contributed by atoms with Crippen LogP contribution in [0.3, 0.4) is 0 Å². The predicted molar refractivity (Wildman–Crippen MR) is 100 cm³/mol. The molecule has 0 unspecified atom stereocenters. The molecule has 3 nitrogen and oxygen atoms in total. The molecule has 0 bridgehead atoms. The molecule has 0 aliphatic heterocycles. The Hall–Kier alpha value is -1.56. The van der Waals surface area contributed by atoms with Gasteiger partial charge < -0.3 is 4.74 Å². The number of carbonyl (C=O) groups excluding carboxylic acids is 2. The summed E-state index contributed by atoms with van der Waals surface area (Å²) in [7, 11) is 0. The molecular formula is C23H30O3. The number of fused-ring (bicyclic) bond motifs is 5. The highest BCUT2D eigenvalue weighted by molar-refractivity contribution is 5.91. The van der Waals surface area contributed by atoms with Crippen molar-refractivity contribution < 1.29 is 14.3 Å². The van der Waals surface area contributed by atoms with Crippen LogP contribution in [0.5, 0.6) is 0 Å². The fraction of sp³-hybridized carbons (Fsp3) is 0.739. The van der Waals surface area contributed by atoms with Crippen LogP contribution in [0, 0.1) is 40.9 Å². The van der Waals surface area contributed by atoms with Crippen LogP contribution in [0.25, 0.3) is 0 Å². The number of hydrogen-bond acceptors (Lipinski definition) is 3. The highest BCUT2D eigenvalue weighted by Gasteiger charge is 2.60. The Morgan fingerprint density at radius 3 is 2.77 bits per heavy atom. The van der Waals surface area contributed by atoms with Gasteiger partial charge in [0.05, 0.1) is 0 Å². The van der Waals surface area contributed by atoms with E-state index in [1.165, 1.54) is 12.5 Å². The number of ketones is 1. The minimum atomic E-state index is -0.151. The first-order valence-corrected chi connectivity index (χ1v) is 10.3. The van der Waals surface area contributed by atoms with Crippen LogP contribution in [0.15, 0.2) is 11.6 Å². The molecule has 0 radical (unpaired) electrons. The number of ether oxygens (including phenoxy) is 1. The van der Waals surface area contributed by atoms with Crippen molar-refractivity contribution in [1.82, 2.24) is 0 Å². The standard InChI is InChI=1S/C23H30O3/c1-4-11-23-13-9-17(25)14-16(23)5-6-18-19-7-8-21(26-15(2)24)22(19,3)12-10-20(18)23/h1,14,18-21H,5-13H2,2-3H3/t18-,19-,20-,21-,22-,23-/m0/s1. The third-order valence-electron chi connectivity index (χ3n) is 8.32. The lowest BCUT2D eigenvalue weighted by atomic mass is 9.46. The number of hydrogen-bond donors (Lipinski definition) is 0. The average Bonchev–Trinajstić information content (AvgIpc) is 2.91. The summed E-state index contributed by atoms with van der Waals surface area (Å²) in [4.78, 5) is 23.6. The Balaban J connectivity index is 1.66. The molecule has 4 aliphatic rings. The van der Waals surface area contributed by atoms with E-state index in [1.807, 2.05) is 6.08 Å². The highest BCUT2D eigenvalue weighted by atomic mass is 16.5. The van der Waals surface area contributed by atoms with Crippen molar-refractivity contribution in [2.45, 2.75) is 77.7 Å². The van der Waals surface area contributed by atoms with Crippen molar-refractivity contribution in [3.63, 3.8) is 0 Å². The van der Waals surface area contributed by atoms with Gasteiger partial charge in [0.25, 0.3) is 0 Å². The maximum absolute atomic E-state index is 12.0. The van der Waals surface area contributed by atoms with Gasteiger partial charge in [0.2, 0.25) is 0 Å². The predicted octanol–water partition coefficient (Wildman–Crippen LogP) is 4.45. The van der Waals surface area contributed by atoms with Crippen molar-refractivity contribution in [2.75, 3.05) is 0 Å². The van der Waals surface area contributed by atoms with Gasteiger partial charge in [-0.15, -0.1) is 12.3 Å². The van der Waals surface area contributed by atoms with E-state index in [-0.39, 0.29) is 28.7 Å². The lowest BCUT2D eigenvalue weighted by molar-refractivity contribution is -0.157. The summed E-state index contributed by atoms with van der Waals surface area (Å²) in [6.45, 7) is 3.87. The Morgan fingerprint density at radius 2 is 2.04 bits per heavy atom. The van der Waals surface area contributed by atoms with E-state index < -0.39 is 0 Å². The Kier molecular flexibility index (Phi) is 4.29. The maximum atomic E-state index is 12.0. The third kappa shape index (κ3) is 2.48. The average molecular weight is 354 g/mol. The molecule has 3 saturated carbocycles. The second-order valence-electron chi connectivity index (χ2n) is 9.31. The van der Waals surface area contributed by atoms with E-state index in [1.54, 1.807) is 0 Å². The third-order valence-corrected chi connectivity index (χ3v) is 8.32. The maximum Gasteiger partial charge on any atom is 0.302 e. The molecule has 4 rings (SSSR count). The summed E-state index contributed by atoms with van der Waals surface area (Å²) in [6.07, 6.45) is 16.7. The monoisotopic (exact) mass is 354 g/mol. The number of rotatable bonds is 2. The SMILES string of the molecule is C#CC[C@]12CCC(=O)C=C1CC[C@@H]1[C@@H]2CC[C@]2(C)[C@@H](OC(C)=O)CC[C@@H]12. The largest absolute Gasteiger partial charge is 0.462 e. The summed E-state index contributed by atoms with van der Waals surface area (Å²) in [5, 5.41) is 0. The summed E-state index contributed by atoms with van der Waals surface area (Å²) in [5.74, 6) is 4.93. The lowest BCUT2D eigenvalue weighted by Gasteiger charge is -2.58. The van der Waals surface area contributed by atoms with Gasteiger partial charge in [-0.05, 0) is 68.8 Å². The summed E-state index contributed by atoms with van der Waals surface area (Å²) >= 11 is 0. The van der Waals surface area contributed by atoms with Gasteiger partial charge in [-0.2, -0.15) is 0 Å². The van der Waals surface area contributed by atoms with Gasteiger partial charge in [0.1, 0.15) is 6.10 Å². The molecular weight excluding hydrogens is 324 g/mol. The quantitative estimate of drug-likeness (QED) is 0.543. The minimum Gasteiger partial charge on any atom is -0.462 e. The summed E-state index contributed by atoms with van der Waals surface area (Å²) in [5.41, 5.74) is 1.49. The Bertz CT molecular complexity index is 699. The van der Waals surface area contributed by atoms with E-state index in [0.717, 1.165) is 51.4 Å². The van der Waals surface area contributed by atoms with Crippen LogP contribution in [-0.2, 0) is 14.3 Å². The van der Waals surface area contributed by atoms with Gasteiger partial charge in [0.15, 0.2) is 5.78 Å². The van der Waals surface area contributed by atoms with E-state index in [4.69, 9.17) is 11.2 Å². The van der Waals surface area contributed by atoms with Crippen LogP contribution in [0.4, 0.5) is 0 Å². The van der Waals surface area contributed by atoms with Gasteiger partial charge in [-0.1, -0.05) is 12.5 Å². The molecule has 3 heteroatoms. The van der Waals surface area contributed by atoms with Gasteiger partial charge in [0, 0.05) is 30.6 Å². The van der Waals surface area contributed by atoms with Crippen molar-refractivity contribution >= 4 is 11.8 Å². The molecule has 0 heterocycles. The first kappa shape index (κ1) is 17.8. The molecule has 0 saturated heterocycles. The van der Waals surface area contributed by atoms with Crippen LogP contribution < -0.4 is 0 Å². The molecule has 3 fully saturated rings. The first-order valence-electron chi connectivity index (χ1n) is 10.3. The normalized spacial score (nSPS) is 44.2. The number of allylic oxidation sites excluding steroid dienone is 1. The minimum absolute atomic E-state index is 0.0480. The smallest absolute Gasteiger partial charge is 0.302 e. The van der Waals surface area contributed by atoms with Crippen LogP contribution in [-0.4, -0.2) is 17.9 Å². The summed E-state index contributed by atoms with van der Waals surface area (Å²) in [6, 6.07) is 0. The van der Waals surface area contributed by atoms with E-state index >= 15 is 0 Å². The van der Waals surface area contributed by atoms with E-state index in [2.05, 4.69) is 12.8 Å². The number of esters is 1. The fourth-order valence-corrected chi connectivity index (χ4v) is 7.22. The number of carbonyl (C=O) groups is 2. The van der Waals surface area contributed by atoms with Crippen molar-refractivity contribution in [3.8, 4) is 12.3 Å². The lowest BCUT2D eigenvalue weighted by Crippen LogP contribution is -2.52. The van der Waals surface area contributed by atoms with Crippen LogP contribution in [0.1, 0.15) is 71.6 Å². The van der Waals surface area contributed by atoms with E-state index in [0.29, 0.717) is 24.2 Å². The zero-order valence-electron chi connectivity index (χ0n) is 16.1. The van der Waals surface area contributed by atoms with Gasteiger partial charge in [-0.3, -0.25) is 9.59 Å². The van der Waals surface area contributed by atoms with Crippen molar-refractivity contribution in [3.05, 3.63) is 11.6 Å². The zero-order valence-corrected chi connectivity index (χ0v) is 16.1. The Morgan fingerprint density at radius 1 is 1.23 bits per heavy atom.